The van der Waals surface area contributed by atoms with Crippen molar-refractivity contribution in [2.75, 3.05) is 19.5 Å². The molecule has 6 nitrogen and oxygen atoms in total. The number of ether oxygens (including phenoxy) is 2. The van der Waals surface area contributed by atoms with Crippen LogP contribution < -0.4 is 14.8 Å². The molecule has 2 aromatic rings. The molecule has 0 aliphatic rings. The molecule has 2 rings (SSSR count). The molecule has 0 radical (unpaired) electrons. The Labute approximate surface area is 110 Å². The number of carbonyl (C=O) groups excluding carboxylic acids is 1. The quantitative estimate of drug-likeness (QED) is 0.909. The minimum Gasteiger partial charge on any atom is -0.493 e. The molecule has 1 N–H and O–H groups in total. The molecule has 1 heterocycles. The molecule has 100 valence electrons. The second-order valence-electron chi connectivity index (χ2n) is 3.86. The van der Waals surface area contributed by atoms with Crippen LogP contribution in [0.5, 0.6) is 11.5 Å². The van der Waals surface area contributed by atoms with Crippen LogP contribution in [-0.4, -0.2) is 29.9 Å². The third kappa shape index (κ3) is 2.67. The maximum atomic E-state index is 12.0. The fraction of sp³-hybridized carbons (Fsp3) is 0.231. The molecule has 0 spiro atoms. The number of amides is 1. The highest BCUT2D eigenvalue weighted by Gasteiger charge is 2.11. The Balaban J connectivity index is 2.20. The number of hydrogen-bond acceptors (Lipinski definition) is 4. The first-order valence-corrected chi connectivity index (χ1v) is 5.67. The first-order valence-electron chi connectivity index (χ1n) is 5.67. The number of nitrogens with zero attached hydrogens (tertiary/aromatic N) is 2. The number of carbonyl (C=O) groups is 1. The monoisotopic (exact) mass is 261 g/mol. The van der Waals surface area contributed by atoms with Crippen molar-refractivity contribution in [3.05, 3.63) is 36.2 Å². The van der Waals surface area contributed by atoms with E-state index in [0.717, 1.165) is 0 Å². The third-order valence-electron chi connectivity index (χ3n) is 2.69. The van der Waals surface area contributed by atoms with Gasteiger partial charge in [-0.05, 0) is 18.2 Å². The lowest BCUT2D eigenvalue weighted by Crippen LogP contribution is -2.16. The van der Waals surface area contributed by atoms with Gasteiger partial charge in [0.2, 0.25) is 0 Å². The van der Waals surface area contributed by atoms with Gasteiger partial charge in [0.15, 0.2) is 11.5 Å². The molecule has 1 aromatic heterocycles. The first kappa shape index (κ1) is 12.9. The van der Waals surface area contributed by atoms with E-state index in [1.807, 2.05) is 0 Å². The summed E-state index contributed by atoms with van der Waals surface area (Å²) in [5.74, 6) is 0.943. The van der Waals surface area contributed by atoms with E-state index in [4.69, 9.17) is 9.47 Å². The highest BCUT2D eigenvalue weighted by Crippen LogP contribution is 2.29. The lowest BCUT2D eigenvalue weighted by molar-refractivity contribution is 0.101. The summed E-state index contributed by atoms with van der Waals surface area (Å²) in [7, 11) is 4.82. The molecule has 0 fully saturated rings. The summed E-state index contributed by atoms with van der Waals surface area (Å²) in [5, 5.41) is 6.73. The van der Waals surface area contributed by atoms with Crippen LogP contribution in [-0.2, 0) is 7.05 Å². The van der Waals surface area contributed by atoms with E-state index in [0.29, 0.717) is 22.9 Å². The number of methoxy groups -OCH3 is 2. The van der Waals surface area contributed by atoms with Crippen molar-refractivity contribution in [1.82, 2.24) is 9.78 Å². The molecular formula is C13H15N3O3. The van der Waals surface area contributed by atoms with E-state index < -0.39 is 0 Å². The maximum absolute atomic E-state index is 12.0. The van der Waals surface area contributed by atoms with Crippen molar-refractivity contribution in [1.29, 1.82) is 0 Å². The first-order chi connectivity index (χ1) is 9.15. The van der Waals surface area contributed by atoms with Gasteiger partial charge in [0.25, 0.3) is 5.91 Å². The van der Waals surface area contributed by atoms with E-state index in [9.17, 15) is 4.79 Å². The molecule has 0 unspecified atom stereocenters. The predicted molar refractivity (Wildman–Crippen MR) is 70.7 cm³/mol. The van der Waals surface area contributed by atoms with E-state index in [-0.39, 0.29) is 5.91 Å². The molecule has 0 aliphatic carbocycles. The fourth-order valence-corrected chi connectivity index (χ4v) is 1.71. The largest absolute Gasteiger partial charge is 0.493 e. The number of rotatable bonds is 4. The van der Waals surface area contributed by atoms with Crippen molar-refractivity contribution in [3.8, 4) is 11.5 Å². The maximum Gasteiger partial charge on any atom is 0.273 e. The number of anilines is 1. The van der Waals surface area contributed by atoms with E-state index in [1.54, 1.807) is 51.7 Å². The number of aromatic nitrogens is 2. The minimum absolute atomic E-state index is 0.229. The Morgan fingerprint density at radius 3 is 2.53 bits per heavy atom. The smallest absolute Gasteiger partial charge is 0.273 e. The Bertz CT molecular complexity index is 593. The summed E-state index contributed by atoms with van der Waals surface area (Å²) in [6, 6.07) is 6.83. The number of nitrogens with one attached hydrogen (secondary N) is 1. The molecule has 0 saturated heterocycles. The topological polar surface area (TPSA) is 65.4 Å². The molecular weight excluding hydrogens is 246 g/mol. The van der Waals surface area contributed by atoms with Gasteiger partial charge in [-0.15, -0.1) is 0 Å². The summed E-state index contributed by atoms with van der Waals surface area (Å²) in [6.07, 6.45) is 1.57. The molecule has 0 aliphatic heterocycles. The Morgan fingerprint density at radius 2 is 1.95 bits per heavy atom. The summed E-state index contributed by atoms with van der Waals surface area (Å²) >= 11 is 0. The van der Waals surface area contributed by atoms with Gasteiger partial charge in [-0.1, -0.05) is 0 Å². The van der Waals surface area contributed by atoms with Crippen LogP contribution in [0.3, 0.4) is 0 Å². The fourth-order valence-electron chi connectivity index (χ4n) is 1.71. The standard InChI is InChI=1S/C13H15N3O3/c1-16-10(6-7-14-16)13(17)15-9-4-5-11(18-2)12(8-9)19-3/h4-8H,1-3H3,(H,15,17). The van der Waals surface area contributed by atoms with Crippen LogP contribution in [0, 0.1) is 0 Å². The zero-order valence-electron chi connectivity index (χ0n) is 11.0. The van der Waals surface area contributed by atoms with Gasteiger partial charge in [-0.3, -0.25) is 9.48 Å². The summed E-state index contributed by atoms with van der Waals surface area (Å²) in [4.78, 5) is 12.0. The van der Waals surface area contributed by atoms with Gasteiger partial charge < -0.3 is 14.8 Å². The zero-order chi connectivity index (χ0) is 13.8. The molecule has 19 heavy (non-hydrogen) atoms. The van der Waals surface area contributed by atoms with Gasteiger partial charge in [-0.2, -0.15) is 5.10 Å². The molecule has 1 aromatic carbocycles. The van der Waals surface area contributed by atoms with Gasteiger partial charge in [0, 0.05) is 25.0 Å². The van der Waals surface area contributed by atoms with Crippen molar-refractivity contribution >= 4 is 11.6 Å². The van der Waals surface area contributed by atoms with Crippen LogP contribution in [0.15, 0.2) is 30.5 Å². The average molecular weight is 261 g/mol. The highest BCUT2D eigenvalue weighted by molar-refractivity contribution is 6.03. The minimum atomic E-state index is -0.229. The SMILES string of the molecule is COc1ccc(NC(=O)c2ccnn2C)cc1OC. The molecule has 1 amide bonds. The van der Waals surface area contributed by atoms with Gasteiger partial charge in [-0.25, -0.2) is 0 Å². The van der Waals surface area contributed by atoms with Gasteiger partial charge >= 0.3 is 0 Å². The van der Waals surface area contributed by atoms with E-state index in [2.05, 4.69) is 10.4 Å². The average Bonchev–Trinajstić information content (AvgIpc) is 2.85. The van der Waals surface area contributed by atoms with Crippen LogP contribution in [0.1, 0.15) is 10.5 Å². The second-order valence-corrected chi connectivity index (χ2v) is 3.86. The lowest BCUT2D eigenvalue weighted by Gasteiger charge is -2.10. The Kier molecular flexibility index (Phi) is 3.70. The zero-order valence-corrected chi connectivity index (χ0v) is 11.0. The van der Waals surface area contributed by atoms with Crippen molar-refractivity contribution < 1.29 is 14.3 Å². The molecule has 0 bridgehead atoms. The second kappa shape index (κ2) is 5.43. The highest BCUT2D eigenvalue weighted by atomic mass is 16.5. The Hall–Kier alpha value is -2.50. The normalized spacial score (nSPS) is 10.1. The number of hydrogen-bond donors (Lipinski definition) is 1. The van der Waals surface area contributed by atoms with Crippen molar-refractivity contribution in [3.63, 3.8) is 0 Å². The van der Waals surface area contributed by atoms with Crippen LogP contribution in [0.4, 0.5) is 5.69 Å². The van der Waals surface area contributed by atoms with E-state index >= 15 is 0 Å². The van der Waals surface area contributed by atoms with E-state index in [1.165, 1.54) is 4.68 Å². The van der Waals surface area contributed by atoms with Crippen LogP contribution >= 0.6 is 0 Å². The summed E-state index contributed by atoms with van der Waals surface area (Å²) < 4.78 is 11.8. The summed E-state index contributed by atoms with van der Waals surface area (Å²) in [6.45, 7) is 0. The molecule has 0 saturated carbocycles. The van der Waals surface area contributed by atoms with Crippen LogP contribution in [0.2, 0.25) is 0 Å². The third-order valence-corrected chi connectivity index (χ3v) is 2.69. The van der Waals surface area contributed by atoms with Crippen molar-refractivity contribution in [2.45, 2.75) is 0 Å². The predicted octanol–water partition coefficient (Wildman–Crippen LogP) is 1.69. The van der Waals surface area contributed by atoms with Gasteiger partial charge in [0.05, 0.1) is 14.2 Å². The number of aryl methyl sites for hydroxylation is 1. The van der Waals surface area contributed by atoms with Crippen LogP contribution in [0.25, 0.3) is 0 Å². The molecule has 6 heteroatoms. The molecule has 0 atom stereocenters. The van der Waals surface area contributed by atoms with Gasteiger partial charge in [0.1, 0.15) is 5.69 Å². The summed E-state index contributed by atoms with van der Waals surface area (Å²) in [5.41, 5.74) is 1.11. The number of benzene rings is 1. The Morgan fingerprint density at radius 1 is 1.21 bits per heavy atom. The van der Waals surface area contributed by atoms with Crippen molar-refractivity contribution in [2.24, 2.45) is 7.05 Å². The lowest BCUT2D eigenvalue weighted by atomic mass is 10.2.